The first-order valence-corrected chi connectivity index (χ1v) is 31.0. The summed E-state index contributed by atoms with van der Waals surface area (Å²) in [5, 5.41) is 42.0. The number of carbonyl (C=O) groups excluding carboxylic acids is 3. The molecule has 0 spiro atoms. The molecular formula is C61H67F7N14O10S2. The van der Waals surface area contributed by atoms with E-state index in [-0.39, 0.29) is 96.9 Å². The number of pyridine rings is 6. The fraction of sp³-hybridized carbons (Fsp3) is 0.410. The van der Waals surface area contributed by atoms with Gasteiger partial charge in [0.1, 0.15) is 49.9 Å². The molecule has 0 radical (unpaired) electrons. The van der Waals surface area contributed by atoms with Crippen LogP contribution in [0, 0.1) is 16.8 Å². The van der Waals surface area contributed by atoms with Crippen LogP contribution in [0.25, 0.3) is 65.5 Å². The number of aromatic nitrogens is 8. The lowest BCUT2D eigenvalue weighted by Crippen LogP contribution is -2.45. The highest BCUT2D eigenvalue weighted by Gasteiger charge is 2.37. The third-order valence-corrected chi connectivity index (χ3v) is 16.8. The van der Waals surface area contributed by atoms with Gasteiger partial charge in [0, 0.05) is 108 Å². The van der Waals surface area contributed by atoms with E-state index >= 15 is 4.39 Å². The van der Waals surface area contributed by atoms with Crippen LogP contribution < -0.4 is 37.0 Å². The van der Waals surface area contributed by atoms with Gasteiger partial charge in [-0.25, -0.2) is 49.1 Å². The zero-order valence-electron chi connectivity index (χ0n) is 52.4. The van der Waals surface area contributed by atoms with Gasteiger partial charge < -0.3 is 49.6 Å². The number of aliphatic hydroxyl groups excluding tert-OH is 2. The van der Waals surface area contributed by atoms with Crippen molar-refractivity contribution in [1.82, 2.24) is 54.6 Å². The monoisotopic (exact) mass is 1350 g/mol. The van der Waals surface area contributed by atoms with E-state index in [1.807, 2.05) is 32.7 Å². The summed E-state index contributed by atoms with van der Waals surface area (Å²) >= 11 is 1.37. The van der Waals surface area contributed by atoms with Crippen LogP contribution in [0.2, 0.25) is 0 Å². The van der Waals surface area contributed by atoms with Gasteiger partial charge in [-0.2, -0.15) is 30.7 Å². The molecule has 94 heavy (non-hydrogen) atoms. The largest absolute Gasteiger partial charge is 0.477 e. The number of aliphatic hydroxyl groups is 2. The van der Waals surface area contributed by atoms with Gasteiger partial charge in [0.2, 0.25) is 16.8 Å². The van der Waals surface area contributed by atoms with E-state index in [9.17, 15) is 70.4 Å². The van der Waals surface area contributed by atoms with E-state index < -0.39 is 99.6 Å². The van der Waals surface area contributed by atoms with E-state index in [0.717, 1.165) is 34.4 Å². The molecule has 1 saturated heterocycles. The van der Waals surface area contributed by atoms with E-state index in [1.54, 1.807) is 41.5 Å². The highest BCUT2D eigenvalue weighted by atomic mass is 32.1. The van der Waals surface area contributed by atoms with Crippen molar-refractivity contribution < 1.29 is 70.0 Å². The molecule has 9 rings (SSSR count). The fourth-order valence-corrected chi connectivity index (χ4v) is 11.9. The number of piperazine rings is 1. The number of hydrogen-bond donors (Lipinski definition) is 7. The van der Waals surface area contributed by atoms with Gasteiger partial charge in [-0.15, -0.1) is 22.7 Å². The Kier molecular flexibility index (Phi) is 21.3. The molecule has 8 aromatic rings. The number of likely N-dealkylation sites (N-methyl/N-ethyl adjacent to an activating group) is 1. The van der Waals surface area contributed by atoms with Crippen LogP contribution in [0.15, 0.2) is 69.4 Å². The summed E-state index contributed by atoms with van der Waals surface area (Å²) in [5.41, 5.74) is -5.87. The van der Waals surface area contributed by atoms with Crippen LogP contribution in [-0.4, -0.2) is 149 Å². The number of amides is 4. The Bertz CT molecular complexity index is 4310. The number of nitrogens with one attached hydrogen (secondary N) is 4. The molecule has 1 aliphatic rings. The number of carbonyl (C=O) groups is 4. The van der Waals surface area contributed by atoms with Crippen LogP contribution in [0.1, 0.15) is 107 Å². The fourth-order valence-electron chi connectivity index (χ4n) is 10.2. The number of esters is 1. The van der Waals surface area contributed by atoms with Crippen molar-refractivity contribution in [2.45, 2.75) is 86.7 Å². The number of halogens is 7. The standard InChI is InChI=1S/C32H37F3N8O5S.C29H30F4N6O5S/c1-6-36-30(48)39-24-12-18(28-38-22(16-49-28)32(33,34)35)20(13-37-24)17-11-19-25(45)21(29(46)47)14-43(23(15-44)31(2,3)4)27(19)40-26(17)42-9-7-41(5)8-10-42;1-6-34-27(43)37-21-9-15(25-36-19(13-45-25)29(31,32)33)17(10-35-21)14-8-16-22(41)18(26(42)44-7-2)11-39(24(16)38-23(14)30)20(12-40)28(3,4)5/h11-14,16,23,44H,6-10,15H2,1-5H3,(H,46,47)(H2,36,37,39,48);8-11,13,20,40H,6-7,12H2,1-5H3,(H2,34,35,37,43)/t23-;20-/m11/s1. The number of anilines is 3. The maximum Gasteiger partial charge on any atom is 0.434 e. The van der Waals surface area contributed by atoms with Crippen molar-refractivity contribution in [1.29, 1.82) is 0 Å². The molecular weight excluding hydrogens is 1290 g/mol. The topological polar surface area (TPSA) is 314 Å². The zero-order chi connectivity index (χ0) is 69.1. The molecule has 8 aromatic heterocycles. The number of aromatic carboxylic acids is 1. The number of fused-ring (bicyclic) bond motifs is 2. The number of hydrogen-bond acceptors (Lipinski definition) is 19. The van der Waals surface area contributed by atoms with Crippen LogP contribution in [-0.2, 0) is 17.1 Å². The van der Waals surface area contributed by atoms with Gasteiger partial charge in [0.25, 0.3) is 0 Å². The molecule has 2 atom stereocenters. The van der Waals surface area contributed by atoms with E-state index in [4.69, 9.17) is 9.72 Å². The number of nitrogens with zero attached hydrogens (tertiary/aromatic N) is 10. The van der Waals surface area contributed by atoms with Crippen molar-refractivity contribution in [2.75, 3.05) is 81.7 Å². The van der Waals surface area contributed by atoms with E-state index in [2.05, 4.69) is 51.1 Å². The highest BCUT2D eigenvalue weighted by molar-refractivity contribution is 7.13. The molecule has 0 bridgehead atoms. The first-order chi connectivity index (χ1) is 44.1. The zero-order valence-corrected chi connectivity index (χ0v) is 54.1. The summed E-state index contributed by atoms with van der Waals surface area (Å²) in [4.78, 5) is 106. The van der Waals surface area contributed by atoms with Crippen molar-refractivity contribution in [3.63, 3.8) is 0 Å². The van der Waals surface area contributed by atoms with Gasteiger partial charge in [0.05, 0.1) is 42.7 Å². The Balaban J connectivity index is 0.000000242. The lowest BCUT2D eigenvalue weighted by molar-refractivity contribution is -0.141. The molecule has 0 saturated carbocycles. The smallest absolute Gasteiger partial charge is 0.434 e. The number of urea groups is 2. The summed E-state index contributed by atoms with van der Waals surface area (Å²) in [6, 6.07) is 2.56. The molecule has 33 heteroatoms. The molecule has 1 aliphatic heterocycles. The summed E-state index contributed by atoms with van der Waals surface area (Å²) < 4.78 is 105. The number of alkyl halides is 6. The second-order valence-electron chi connectivity index (χ2n) is 23.7. The lowest BCUT2D eigenvalue weighted by Gasteiger charge is -2.35. The lowest BCUT2D eigenvalue weighted by atomic mass is 9.86. The summed E-state index contributed by atoms with van der Waals surface area (Å²) in [6.07, 6.45) is -4.64. The average Bonchev–Trinajstić information content (AvgIpc) is 0.781. The normalized spacial score (nSPS) is 13.9. The number of ether oxygens (including phenoxy) is 1. The minimum absolute atomic E-state index is 0.0297. The van der Waals surface area contributed by atoms with Gasteiger partial charge in [-0.05, 0) is 62.9 Å². The van der Waals surface area contributed by atoms with Crippen molar-refractivity contribution in [2.24, 2.45) is 10.8 Å². The van der Waals surface area contributed by atoms with Gasteiger partial charge >= 0.3 is 36.4 Å². The summed E-state index contributed by atoms with van der Waals surface area (Å²) in [5.74, 6) is -3.19. The molecule has 1 fully saturated rings. The molecule has 0 aliphatic carbocycles. The van der Waals surface area contributed by atoms with Crippen molar-refractivity contribution >= 4 is 86.2 Å². The van der Waals surface area contributed by atoms with Crippen molar-refractivity contribution in [3.05, 3.63) is 109 Å². The molecule has 0 aromatic carbocycles. The molecule has 502 valence electrons. The Morgan fingerprint density at radius 3 is 1.47 bits per heavy atom. The number of carboxylic acids is 1. The maximum absolute atomic E-state index is 16.0. The van der Waals surface area contributed by atoms with Crippen LogP contribution >= 0.6 is 22.7 Å². The molecule has 24 nitrogen and oxygen atoms in total. The molecule has 4 amide bonds. The van der Waals surface area contributed by atoms with E-state index in [0.29, 0.717) is 55.4 Å². The summed E-state index contributed by atoms with van der Waals surface area (Å²) in [7, 11) is 1.97. The first-order valence-electron chi connectivity index (χ1n) is 29.2. The highest BCUT2D eigenvalue weighted by Crippen LogP contribution is 2.44. The Hall–Kier alpha value is -9.05. The predicted octanol–water partition coefficient (Wildman–Crippen LogP) is 10.4. The second-order valence-corrected chi connectivity index (χ2v) is 25.4. The van der Waals surface area contributed by atoms with Gasteiger partial charge in [0.15, 0.2) is 11.4 Å². The number of carboxylic acid groups (broad SMARTS) is 1. The predicted molar refractivity (Wildman–Crippen MR) is 340 cm³/mol. The Morgan fingerprint density at radius 1 is 0.617 bits per heavy atom. The minimum Gasteiger partial charge on any atom is -0.477 e. The first kappa shape index (κ1) is 70.8. The van der Waals surface area contributed by atoms with Crippen LogP contribution in [0.4, 0.5) is 57.8 Å². The van der Waals surface area contributed by atoms with Gasteiger partial charge in [-0.3, -0.25) is 20.2 Å². The number of rotatable bonds is 16. The van der Waals surface area contributed by atoms with Crippen LogP contribution in [0.3, 0.4) is 0 Å². The summed E-state index contributed by atoms with van der Waals surface area (Å²) in [6.45, 7) is 18.0. The third kappa shape index (κ3) is 15.4. The Morgan fingerprint density at radius 2 is 1.05 bits per heavy atom. The SMILES string of the molecule is CCNC(=O)Nc1cc(-c2nc(C(F)(F)F)cs2)c(-c2cc3c(=O)c(C(=O)O)cn([C@H](CO)C(C)(C)C)c3nc2N2CCN(C)CC2)cn1.CCNC(=O)Nc1cc(-c2nc(C(F)(F)F)cs2)c(-c2cc3c(=O)c(C(=O)OCC)cn([C@H](CO)C(C)(C)C)c3nc2F)cn1. The van der Waals surface area contributed by atoms with Crippen molar-refractivity contribution in [3.8, 4) is 43.4 Å². The molecule has 7 N–H and O–H groups in total. The third-order valence-electron chi connectivity index (χ3n) is 15.1. The number of thiazole rings is 2. The molecule has 0 unspecified atom stereocenters. The quantitative estimate of drug-likeness (QED) is 0.0269. The van der Waals surface area contributed by atoms with E-state index in [1.165, 1.54) is 45.9 Å². The second kappa shape index (κ2) is 28.3. The van der Waals surface area contributed by atoms with Gasteiger partial charge in [-0.1, -0.05) is 41.5 Å². The molecule has 9 heterocycles. The maximum atomic E-state index is 16.0. The minimum atomic E-state index is -4.76. The average molecular weight is 1350 g/mol. The van der Waals surface area contributed by atoms with Crippen LogP contribution in [0.5, 0.6) is 0 Å². The Labute approximate surface area is 539 Å².